The lowest BCUT2D eigenvalue weighted by Crippen LogP contribution is -2.50. The molecule has 0 saturated carbocycles. The Labute approximate surface area is 182 Å². The number of benzene rings is 3. The fourth-order valence-electron chi connectivity index (χ4n) is 3.85. The van der Waals surface area contributed by atoms with E-state index >= 15 is 0 Å². The number of piperazine rings is 1. The molecule has 0 aliphatic carbocycles. The average molecular weight is 418 g/mol. The Morgan fingerprint density at radius 1 is 0.871 bits per heavy atom. The van der Waals surface area contributed by atoms with E-state index in [1.165, 1.54) is 0 Å². The van der Waals surface area contributed by atoms with Crippen molar-refractivity contribution in [3.8, 4) is 5.75 Å². The maximum absolute atomic E-state index is 12.9. The smallest absolute Gasteiger partial charge is 0.253 e. The van der Waals surface area contributed by atoms with Gasteiger partial charge >= 0.3 is 0 Å². The van der Waals surface area contributed by atoms with E-state index in [0.29, 0.717) is 25.2 Å². The molecular weight excluding hydrogens is 390 g/mol. The molecule has 0 bridgehead atoms. The molecule has 0 unspecified atom stereocenters. The summed E-state index contributed by atoms with van der Waals surface area (Å²) in [6.07, 6.45) is 0. The maximum Gasteiger partial charge on any atom is 0.253 e. The van der Waals surface area contributed by atoms with Gasteiger partial charge in [0.2, 0.25) is 0 Å². The molecule has 0 radical (unpaired) electrons. The molecular formula is C25H27N3O3. The highest BCUT2D eigenvalue weighted by Gasteiger charge is 2.22. The Kier molecular flexibility index (Phi) is 6.48. The van der Waals surface area contributed by atoms with Gasteiger partial charge in [-0.05, 0) is 47.2 Å². The Hall–Kier alpha value is -3.38. The number of rotatable bonds is 6. The van der Waals surface area contributed by atoms with Crippen LogP contribution in [0.15, 0.2) is 66.7 Å². The fourth-order valence-corrected chi connectivity index (χ4v) is 3.85. The monoisotopic (exact) mass is 417 g/mol. The summed E-state index contributed by atoms with van der Waals surface area (Å²) in [5.41, 5.74) is 1.35. The molecule has 1 saturated heterocycles. The molecule has 6 heteroatoms. The van der Waals surface area contributed by atoms with Crippen LogP contribution in [0.1, 0.15) is 20.7 Å². The molecule has 1 aliphatic rings. The number of methoxy groups -OCH3 is 1. The SMILES string of the molecule is COc1ccc(C(=O)NCCN2CCN(C(=O)c3ccc4ccccc4c3)CC2)cc1. The standard InChI is InChI=1S/C25H27N3O3/c1-31-23-10-8-20(9-11-23)24(29)26-12-13-27-14-16-28(17-15-27)25(30)22-7-6-19-4-2-3-5-21(19)18-22/h2-11,18H,12-17H2,1H3,(H,26,29). The van der Waals surface area contributed by atoms with Gasteiger partial charge in [-0.1, -0.05) is 30.3 Å². The van der Waals surface area contributed by atoms with E-state index in [4.69, 9.17) is 4.74 Å². The van der Waals surface area contributed by atoms with Gasteiger partial charge in [-0.2, -0.15) is 0 Å². The molecule has 0 atom stereocenters. The van der Waals surface area contributed by atoms with E-state index in [1.54, 1.807) is 31.4 Å². The van der Waals surface area contributed by atoms with E-state index in [-0.39, 0.29) is 11.8 Å². The zero-order chi connectivity index (χ0) is 21.6. The number of nitrogens with one attached hydrogen (secondary N) is 1. The van der Waals surface area contributed by atoms with Crippen molar-refractivity contribution in [2.45, 2.75) is 0 Å². The highest BCUT2D eigenvalue weighted by molar-refractivity contribution is 5.98. The van der Waals surface area contributed by atoms with Crippen molar-refractivity contribution in [2.75, 3.05) is 46.4 Å². The largest absolute Gasteiger partial charge is 0.497 e. The Morgan fingerprint density at radius 2 is 1.55 bits per heavy atom. The van der Waals surface area contributed by atoms with E-state index in [1.807, 2.05) is 41.3 Å². The number of nitrogens with zero attached hydrogens (tertiary/aromatic N) is 2. The van der Waals surface area contributed by atoms with Crippen LogP contribution >= 0.6 is 0 Å². The molecule has 2 amide bonds. The predicted octanol–water partition coefficient (Wildman–Crippen LogP) is 3.04. The van der Waals surface area contributed by atoms with Crippen molar-refractivity contribution in [3.05, 3.63) is 77.9 Å². The lowest BCUT2D eigenvalue weighted by molar-refractivity contribution is 0.0638. The van der Waals surface area contributed by atoms with Gasteiger partial charge in [0.05, 0.1) is 7.11 Å². The molecule has 0 spiro atoms. The molecule has 1 N–H and O–H groups in total. The summed E-state index contributed by atoms with van der Waals surface area (Å²) in [5.74, 6) is 0.721. The van der Waals surface area contributed by atoms with E-state index in [2.05, 4.69) is 16.3 Å². The van der Waals surface area contributed by atoms with Gasteiger partial charge < -0.3 is 15.0 Å². The van der Waals surface area contributed by atoms with Crippen LogP contribution in [-0.2, 0) is 0 Å². The van der Waals surface area contributed by atoms with Crippen molar-refractivity contribution in [1.29, 1.82) is 0 Å². The number of amides is 2. The van der Waals surface area contributed by atoms with Crippen LogP contribution < -0.4 is 10.1 Å². The quantitative estimate of drug-likeness (QED) is 0.670. The number of hydrogen-bond donors (Lipinski definition) is 1. The molecule has 1 fully saturated rings. The van der Waals surface area contributed by atoms with Gasteiger partial charge in [-0.25, -0.2) is 0 Å². The lowest BCUT2D eigenvalue weighted by Gasteiger charge is -2.34. The number of carbonyl (C=O) groups excluding carboxylic acids is 2. The topological polar surface area (TPSA) is 61.9 Å². The van der Waals surface area contributed by atoms with Crippen LogP contribution in [0, 0.1) is 0 Å². The number of ether oxygens (including phenoxy) is 1. The second kappa shape index (κ2) is 9.62. The summed E-state index contributed by atoms with van der Waals surface area (Å²) in [6.45, 7) is 4.33. The molecule has 1 heterocycles. The van der Waals surface area contributed by atoms with Crippen LogP contribution in [0.2, 0.25) is 0 Å². The maximum atomic E-state index is 12.9. The first-order valence-corrected chi connectivity index (χ1v) is 10.6. The third-order valence-electron chi connectivity index (χ3n) is 5.72. The number of fused-ring (bicyclic) bond motifs is 1. The van der Waals surface area contributed by atoms with Crippen molar-refractivity contribution < 1.29 is 14.3 Å². The normalized spacial score (nSPS) is 14.4. The van der Waals surface area contributed by atoms with Gasteiger partial charge in [-0.3, -0.25) is 14.5 Å². The highest BCUT2D eigenvalue weighted by Crippen LogP contribution is 2.17. The first kappa shape index (κ1) is 20.9. The number of hydrogen-bond acceptors (Lipinski definition) is 4. The van der Waals surface area contributed by atoms with Crippen LogP contribution in [-0.4, -0.2) is 68.0 Å². The van der Waals surface area contributed by atoms with Crippen LogP contribution in [0.3, 0.4) is 0 Å². The first-order valence-electron chi connectivity index (χ1n) is 10.6. The Balaban J connectivity index is 1.23. The molecule has 1 aliphatic heterocycles. The second-order valence-corrected chi connectivity index (χ2v) is 7.68. The van der Waals surface area contributed by atoms with E-state index < -0.39 is 0 Å². The van der Waals surface area contributed by atoms with E-state index in [9.17, 15) is 9.59 Å². The third-order valence-corrected chi connectivity index (χ3v) is 5.72. The zero-order valence-corrected chi connectivity index (χ0v) is 17.7. The average Bonchev–Trinajstić information content (AvgIpc) is 2.83. The lowest BCUT2D eigenvalue weighted by atomic mass is 10.1. The zero-order valence-electron chi connectivity index (χ0n) is 17.7. The first-order chi connectivity index (χ1) is 15.1. The summed E-state index contributed by atoms with van der Waals surface area (Å²) < 4.78 is 5.12. The second-order valence-electron chi connectivity index (χ2n) is 7.68. The molecule has 160 valence electrons. The summed E-state index contributed by atoms with van der Waals surface area (Å²) in [7, 11) is 1.60. The van der Waals surface area contributed by atoms with Gasteiger partial charge in [0.25, 0.3) is 11.8 Å². The minimum atomic E-state index is -0.0900. The third kappa shape index (κ3) is 5.03. The minimum Gasteiger partial charge on any atom is -0.497 e. The Bertz CT molecular complexity index is 1060. The predicted molar refractivity (Wildman–Crippen MR) is 122 cm³/mol. The fraction of sp³-hybridized carbons (Fsp3) is 0.280. The van der Waals surface area contributed by atoms with Gasteiger partial charge in [0.1, 0.15) is 5.75 Å². The van der Waals surface area contributed by atoms with Gasteiger partial charge in [-0.15, -0.1) is 0 Å². The highest BCUT2D eigenvalue weighted by atomic mass is 16.5. The molecule has 4 rings (SSSR count). The van der Waals surface area contributed by atoms with Crippen LogP contribution in [0.5, 0.6) is 5.75 Å². The van der Waals surface area contributed by atoms with Crippen molar-refractivity contribution >= 4 is 22.6 Å². The van der Waals surface area contributed by atoms with Crippen molar-refractivity contribution in [3.63, 3.8) is 0 Å². The summed E-state index contributed by atoms with van der Waals surface area (Å²) >= 11 is 0. The molecule has 6 nitrogen and oxygen atoms in total. The molecule has 31 heavy (non-hydrogen) atoms. The van der Waals surface area contributed by atoms with Crippen LogP contribution in [0.25, 0.3) is 10.8 Å². The molecule has 3 aromatic rings. The van der Waals surface area contributed by atoms with Crippen molar-refractivity contribution in [2.24, 2.45) is 0 Å². The molecule has 0 aromatic heterocycles. The summed E-state index contributed by atoms with van der Waals surface area (Å²) in [5, 5.41) is 5.18. The van der Waals surface area contributed by atoms with E-state index in [0.717, 1.165) is 41.7 Å². The summed E-state index contributed by atoms with van der Waals surface area (Å²) in [6, 6.07) is 21.0. The van der Waals surface area contributed by atoms with Gasteiger partial charge in [0, 0.05) is 50.4 Å². The molecule has 3 aromatic carbocycles. The number of carbonyl (C=O) groups is 2. The van der Waals surface area contributed by atoms with Crippen molar-refractivity contribution in [1.82, 2.24) is 15.1 Å². The summed E-state index contributed by atoms with van der Waals surface area (Å²) in [4.78, 5) is 29.3. The Morgan fingerprint density at radius 3 is 2.26 bits per heavy atom. The minimum absolute atomic E-state index is 0.0817. The van der Waals surface area contributed by atoms with Crippen LogP contribution in [0.4, 0.5) is 0 Å². The van der Waals surface area contributed by atoms with Gasteiger partial charge in [0.15, 0.2) is 0 Å².